The summed E-state index contributed by atoms with van der Waals surface area (Å²) >= 11 is 0. The molecule has 1 saturated heterocycles. The SMILES string of the molecule is CON(C1O[C@H](CO)[C@@H](O)C[C@H]1O)[C@@H]1CC[C@@]2(C)C(CCC3C2CC[C@]2(C)[C@@H](C4=CC(=O)OC4)CC[C@]32O)C1. The van der Waals surface area contributed by atoms with Crippen molar-refractivity contribution in [2.45, 2.75) is 114 Å². The molecule has 0 bridgehead atoms. The number of ether oxygens (including phenoxy) is 2. The largest absolute Gasteiger partial charge is 0.458 e. The fourth-order valence-corrected chi connectivity index (χ4v) is 10.3. The minimum absolute atomic E-state index is 0.0681. The second-order valence-electron chi connectivity index (χ2n) is 13.9. The summed E-state index contributed by atoms with van der Waals surface area (Å²) in [6, 6.07) is 0.0681. The maximum absolute atomic E-state index is 12.4. The Morgan fingerprint density at radius 3 is 2.51 bits per heavy atom. The highest BCUT2D eigenvalue weighted by atomic mass is 16.7. The number of carbonyl (C=O) groups excluding carboxylic acids is 1. The van der Waals surface area contributed by atoms with Crippen LogP contribution in [0.3, 0.4) is 0 Å². The van der Waals surface area contributed by atoms with Gasteiger partial charge in [0.25, 0.3) is 0 Å². The Morgan fingerprint density at radius 2 is 1.82 bits per heavy atom. The highest BCUT2D eigenvalue weighted by Gasteiger charge is 2.68. The summed E-state index contributed by atoms with van der Waals surface area (Å²) in [5, 5.41) is 44.8. The van der Waals surface area contributed by atoms with Crippen LogP contribution < -0.4 is 0 Å². The molecule has 0 aromatic carbocycles. The second-order valence-corrected chi connectivity index (χ2v) is 13.9. The van der Waals surface area contributed by atoms with Crippen LogP contribution in [-0.2, 0) is 19.1 Å². The van der Waals surface area contributed by atoms with E-state index in [-0.39, 0.29) is 47.7 Å². The van der Waals surface area contributed by atoms with E-state index in [1.54, 1.807) is 18.2 Å². The lowest BCUT2D eigenvalue weighted by molar-refractivity contribution is -0.328. The maximum atomic E-state index is 12.4. The van der Waals surface area contributed by atoms with Gasteiger partial charge in [-0.3, -0.25) is 4.84 Å². The van der Waals surface area contributed by atoms with Gasteiger partial charge in [-0.15, -0.1) is 0 Å². The molecule has 12 atom stereocenters. The number of carbonyl (C=O) groups is 1. The van der Waals surface area contributed by atoms with Crippen molar-refractivity contribution in [1.82, 2.24) is 5.06 Å². The third-order valence-corrected chi connectivity index (χ3v) is 12.5. The van der Waals surface area contributed by atoms with E-state index in [9.17, 15) is 25.2 Å². The molecule has 0 aromatic rings. The van der Waals surface area contributed by atoms with Gasteiger partial charge >= 0.3 is 5.97 Å². The first-order chi connectivity index (χ1) is 18.6. The fraction of sp³-hybridized carbons (Fsp3) is 0.900. The van der Waals surface area contributed by atoms with Crippen LogP contribution in [0.25, 0.3) is 0 Å². The third-order valence-electron chi connectivity index (χ3n) is 12.5. The molecule has 5 fully saturated rings. The Labute approximate surface area is 231 Å². The van der Waals surface area contributed by atoms with E-state index in [4.69, 9.17) is 14.3 Å². The van der Waals surface area contributed by atoms with E-state index in [1.165, 1.54) is 0 Å². The number of hydrogen-bond acceptors (Lipinski definition) is 9. The number of fused-ring (bicyclic) bond motifs is 5. The zero-order valence-electron chi connectivity index (χ0n) is 23.6. The molecule has 4 N–H and O–H groups in total. The molecule has 6 rings (SSSR count). The van der Waals surface area contributed by atoms with Gasteiger partial charge in [-0.25, -0.2) is 4.79 Å². The van der Waals surface area contributed by atoms with Gasteiger partial charge in [0.05, 0.1) is 31.5 Å². The van der Waals surface area contributed by atoms with E-state index >= 15 is 0 Å². The summed E-state index contributed by atoms with van der Waals surface area (Å²) in [4.78, 5) is 17.6. The molecule has 2 heterocycles. The van der Waals surface area contributed by atoms with Gasteiger partial charge in [0.15, 0.2) is 6.23 Å². The Morgan fingerprint density at radius 1 is 1.03 bits per heavy atom. The molecule has 9 nitrogen and oxygen atoms in total. The van der Waals surface area contributed by atoms with E-state index < -0.39 is 30.1 Å². The molecule has 2 aliphatic heterocycles. The van der Waals surface area contributed by atoms with Crippen LogP contribution >= 0.6 is 0 Å². The monoisotopic (exact) mass is 549 g/mol. The first-order valence-electron chi connectivity index (χ1n) is 15.1. The average molecular weight is 550 g/mol. The third kappa shape index (κ3) is 4.17. The number of hydrogen-bond donors (Lipinski definition) is 4. The Kier molecular flexibility index (Phi) is 7.22. The number of aliphatic hydroxyl groups is 4. The highest BCUT2D eigenvalue weighted by molar-refractivity contribution is 5.85. The van der Waals surface area contributed by atoms with Gasteiger partial charge in [-0.2, -0.15) is 5.06 Å². The lowest BCUT2D eigenvalue weighted by Crippen LogP contribution is -2.63. The number of nitrogens with zero attached hydrogens (tertiary/aromatic N) is 1. The molecule has 9 heteroatoms. The first kappa shape index (κ1) is 28.1. The minimum Gasteiger partial charge on any atom is -0.458 e. The lowest BCUT2D eigenvalue weighted by Gasteiger charge is -2.64. The zero-order valence-corrected chi connectivity index (χ0v) is 23.6. The topological polar surface area (TPSA) is 129 Å². The Hall–Kier alpha value is -1.07. The molecule has 4 saturated carbocycles. The smallest absolute Gasteiger partial charge is 0.331 e. The molecule has 220 valence electrons. The van der Waals surface area contributed by atoms with Crippen molar-refractivity contribution < 1.29 is 39.5 Å². The molecule has 6 aliphatic rings. The summed E-state index contributed by atoms with van der Waals surface area (Å²) in [5.41, 5.74) is 0.232. The molecule has 0 aromatic heterocycles. The summed E-state index contributed by atoms with van der Waals surface area (Å²) in [5.74, 6) is 1.14. The molecule has 0 spiro atoms. The van der Waals surface area contributed by atoms with E-state index in [1.807, 2.05) is 0 Å². The molecule has 39 heavy (non-hydrogen) atoms. The van der Waals surface area contributed by atoms with Gasteiger partial charge in [-0.1, -0.05) is 13.8 Å². The average Bonchev–Trinajstić information content (AvgIpc) is 3.45. The number of rotatable bonds is 5. The van der Waals surface area contributed by atoms with Crippen molar-refractivity contribution in [3.05, 3.63) is 11.6 Å². The van der Waals surface area contributed by atoms with Crippen molar-refractivity contribution in [3.63, 3.8) is 0 Å². The normalized spacial score (nSPS) is 51.6. The van der Waals surface area contributed by atoms with Crippen LogP contribution in [0, 0.1) is 34.5 Å². The van der Waals surface area contributed by atoms with Gasteiger partial charge in [0, 0.05) is 24.0 Å². The molecular weight excluding hydrogens is 502 g/mol. The standard InChI is InChI=1S/C30H47NO8/c1-28-9-6-19(31(37-3)27-24(34)14-23(33)25(15-32)39-27)13-18(28)4-5-22-21(28)7-10-29(2)20(8-11-30(22,29)36)17-12-26(35)38-16-17/h12,18-25,27,32-34,36H,4-11,13-16H2,1-3H3/t18?,19-,20-,21?,22?,23+,24-,25-,27?,28+,29-,30+/m1/s1. The molecule has 4 aliphatic carbocycles. The van der Waals surface area contributed by atoms with Gasteiger partial charge < -0.3 is 29.9 Å². The number of cyclic esters (lactones) is 1. The zero-order chi connectivity index (χ0) is 27.7. The summed E-state index contributed by atoms with van der Waals surface area (Å²) in [6.07, 6.45) is 7.19. The van der Waals surface area contributed by atoms with Crippen LogP contribution in [0.2, 0.25) is 0 Å². The molecule has 0 amide bonds. The predicted octanol–water partition coefficient (Wildman–Crippen LogP) is 2.30. The molecule has 0 radical (unpaired) electrons. The van der Waals surface area contributed by atoms with Crippen molar-refractivity contribution in [2.24, 2.45) is 34.5 Å². The van der Waals surface area contributed by atoms with Crippen LogP contribution in [0.15, 0.2) is 11.6 Å². The molecule has 4 unspecified atom stereocenters. The van der Waals surface area contributed by atoms with E-state index in [0.29, 0.717) is 18.4 Å². The van der Waals surface area contributed by atoms with Gasteiger partial charge in [0.2, 0.25) is 0 Å². The number of hydroxylamine groups is 2. The van der Waals surface area contributed by atoms with Gasteiger partial charge in [-0.05, 0) is 92.4 Å². The second kappa shape index (κ2) is 10.0. The van der Waals surface area contributed by atoms with E-state index in [0.717, 1.165) is 63.4 Å². The number of aliphatic hydroxyl groups excluding tert-OH is 3. The fourth-order valence-electron chi connectivity index (χ4n) is 10.3. The Balaban J connectivity index is 1.19. The quantitative estimate of drug-likeness (QED) is 0.302. The summed E-state index contributed by atoms with van der Waals surface area (Å²) in [6.45, 7) is 4.77. The predicted molar refractivity (Wildman–Crippen MR) is 141 cm³/mol. The maximum Gasteiger partial charge on any atom is 0.331 e. The molecular formula is C30H47NO8. The van der Waals surface area contributed by atoms with Crippen molar-refractivity contribution in [1.29, 1.82) is 0 Å². The van der Waals surface area contributed by atoms with Crippen LogP contribution in [0.4, 0.5) is 0 Å². The Bertz CT molecular complexity index is 990. The first-order valence-corrected chi connectivity index (χ1v) is 15.1. The van der Waals surface area contributed by atoms with Crippen LogP contribution in [-0.4, -0.2) is 88.0 Å². The number of esters is 1. The highest BCUT2D eigenvalue weighted by Crippen LogP contribution is 2.70. The van der Waals surface area contributed by atoms with Crippen LogP contribution in [0.1, 0.15) is 78.1 Å². The van der Waals surface area contributed by atoms with E-state index in [2.05, 4.69) is 13.8 Å². The van der Waals surface area contributed by atoms with Crippen molar-refractivity contribution in [3.8, 4) is 0 Å². The summed E-state index contributed by atoms with van der Waals surface area (Å²) in [7, 11) is 1.60. The lowest BCUT2D eigenvalue weighted by atomic mass is 9.43. The van der Waals surface area contributed by atoms with Crippen molar-refractivity contribution >= 4 is 5.97 Å². The summed E-state index contributed by atoms with van der Waals surface area (Å²) < 4.78 is 11.2. The minimum atomic E-state index is -0.902. The van der Waals surface area contributed by atoms with Gasteiger partial charge in [0.1, 0.15) is 12.7 Å². The van der Waals surface area contributed by atoms with Crippen LogP contribution in [0.5, 0.6) is 0 Å². The van der Waals surface area contributed by atoms with Crippen molar-refractivity contribution in [2.75, 3.05) is 20.3 Å².